The van der Waals surface area contributed by atoms with Gasteiger partial charge in [0.15, 0.2) is 5.69 Å². The molecule has 10 heteroatoms. The van der Waals surface area contributed by atoms with Gasteiger partial charge in [-0.2, -0.15) is 18.3 Å². The van der Waals surface area contributed by atoms with Crippen LogP contribution in [0.2, 0.25) is 10.0 Å². The quantitative estimate of drug-likeness (QED) is 0.593. The first-order chi connectivity index (χ1) is 13.7. The molecule has 1 N–H and O–H groups in total. The highest BCUT2D eigenvalue weighted by Gasteiger charge is 2.40. The fraction of sp³-hybridized carbons (Fsp3) is 0.421. The third kappa shape index (κ3) is 3.82. The molecule has 1 saturated carbocycles. The van der Waals surface area contributed by atoms with Crippen LogP contribution in [0.25, 0.3) is 0 Å². The molecule has 2 aliphatic rings. The van der Waals surface area contributed by atoms with Gasteiger partial charge in [-0.1, -0.05) is 42.1 Å². The van der Waals surface area contributed by atoms with E-state index in [4.69, 9.17) is 23.2 Å². The van der Waals surface area contributed by atoms with E-state index in [1.165, 1.54) is 4.68 Å². The van der Waals surface area contributed by atoms with E-state index >= 15 is 0 Å². The average Bonchev–Trinajstić information content (AvgIpc) is 3.31. The van der Waals surface area contributed by atoms with Gasteiger partial charge in [-0.05, 0) is 37.5 Å². The van der Waals surface area contributed by atoms with Gasteiger partial charge in [0.2, 0.25) is 0 Å². The average molecular weight is 464 g/mol. The van der Waals surface area contributed by atoms with Crippen LogP contribution in [0.1, 0.15) is 49.9 Å². The molecule has 2 aromatic rings. The second-order valence-corrected chi connectivity index (χ2v) is 9.77. The minimum Gasteiger partial charge on any atom is -0.343 e. The minimum absolute atomic E-state index is 0.0220. The smallest absolute Gasteiger partial charge is 0.343 e. The molecule has 2 unspecified atom stereocenters. The lowest BCUT2D eigenvalue weighted by Crippen LogP contribution is -2.29. The molecule has 29 heavy (non-hydrogen) atoms. The van der Waals surface area contributed by atoms with Gasteiger partial charge in [0, 0.05) is 17.0 Å². The number of fused-ring (bicyclic) bond motifs is 1. The molecule has 156 valence electrons. The summed E-state index contributed by atoms with van der Waals surface area (Å²) in [7, 11) is -1.37. The molecule has 0 bridgehead atoms. The van der Waals surface area contributed by atoms with Gasteiger partial charge in [-0.15, -0.1) is 0 Å². The Hall–Kier alpha value is -1.51. The van der Waals surface area contributed by atoms with Gasteiger partial charge in [0.05, 0.1) is 25.7 Å². The van der Waals surface area contributed by atoms with Crippen molar-refractivity contribution in [3.63, 3.8) is 0 Å². The first kappa shape index (κ1) is 20.8. The van der Waals surface area contributed by atoms with Gasteiger partial charge in [-0.3, -0.25) is 4.21 Å². The fourth-order valence-corrected chi connectivity index (χ4v) is 6.15. The zero-order valence-electron chi connectivity index (χ0n) is 15.4. The molecule has 1 aromatic heterocycles. The number of nitrogens with zero attached hydrogens (tertiary/aromatic N) is 2. The zero-order valence-corrected chi connectivity index (χ0v) is 17.7. The van der Waals surface area contributed by atoms with E-state index in [1.54, 1.807) is 25.1 Å². The Morgan fingerprint density at radius 3 is 2.48 bits per heavy atom. The molecule has 0 saturated heterocycles. The highest BCUT2D eigenvalue weighted by atomic mass is 35.5. The Labute approximate surface area is 178 Å². The molecular formula is C19H18Cl2F3N3OS. The number of alkyl halides is 3. The Kier molecular flexibility index (Phi) is 5.46. The first-order valence-corrected chi connectivity index (χ1v) is 11.1. The van der Waals surface area contributed by atoms with E-state index in [0.29, 0.717) is 21.2 Å². The molecular weight excluding hydrogens is 446 g/mol. The molecule has 4 nitrogen and oxygen atoms in total. The number of aromatic nitrogens is 2. The number of rotatable bonds is 3. The van der Waals surface area contributed by atoms with Crippen molar-refractivity contribution in [1.82, 2.24) is 9.78 Å². The van der Waals surface area contributed by atoms with E-state index in [-0.39, 0.29) is 16.1 Å². The van der Waals surface area contributed by atoms with Gasteiger partial charge in [0.25, 0.3) is 0 Å². The van der Waals surface area contributed by atoms with Crippen molar-refractivity contribution in [2.75, 3.05) is 5.32 Å². The number of benzene rings is 1. The fourth-order valence-electron chi connectivity index (χ4n) is 3.91. The molecule has 1 aromatic carbocycles. The molecule has 1 fully saturated rings. The number of nitrogens with one attached hydrogen (secondary N) is 1. The summed E-state index contributed by atoms with van der Waals surface area (Å²) in [5.41, 5.74) is 0.151. The van der Waals surface area contributed by atoms with Crippen LogP contribution in [-0.2, 0) is 17.0 Å². The molecule has 0 spiro atoms. The normalized spacial score (nSPS) is 21.2. The van der Waals surface area contributed by atoms with Gasteiger partial charge >= 0.3 is 6.18 Å². The second-order valence-electron chi connectivity index (χ2n) is 7.25. The van der Waals surface area contributed by atoms with Crippen molar-refractivity contribution in [2.24, 2.45) is 0 Å². The number of allylic oxidation sites excluding steroid dienone is 2. The van der Waals surface area contributed by atoms with Crippen molar-refractivity contribution in [3.05, 3.63) is 56.2 Å². The summed E-state index contributed by atoms with van der Waals surface area (Å²) in [4.78, 5) is 0.527. The Bertz CT molecular complexity index is 1010. The summed E-state index contributed by atoms with van der Waals surface area (Å²) in [5, 5.41) is 7.36. The summed E-state index contributed by atoms with van der Waals surface area (Å²) in [5.74, 6) is 0.193. The van der Waals surface area contributed by atoms with Crippen LogP contribution in [0.4, 0.5) is 19.0 Å². The third-order valence-corrected chi connectivity index (χ3v) is 8.06. The number of hydrogen-bond donors (Lipinski definition) is 1. The maximum atomic E-state index is 13.5. The maximum Gasteiger partial charge on any atom is 0.435 e. The lowest BCUT2D eigenvalue weighted by atomic mass is 10.0. The monoisotopic (exact) mass is 463 g/mol. The van der Waals surface area contributed by atoms with Gasteiger partial charge < -0.3 is 5.32 Å². The van der Waals surface area contributed by atoms with Crippen LogP contribution >= 0.6 is 23.2 Å². The highest BCUT2D eigenvalue weighted by molar-refractivity contribution is 7.89. The van der Waals surface area contributed by atoms with E-state index in [2.05, 4.69) is 10.4 Å². The van der Waals surface area contributed by atoms with Gasteiger partial charge in [-0.25, -0.2) is 4.68 Å². The molecule has 4 rings (SSSR count). The topological polar surface area (TPSA) is 46.9 Å². The number of anilines is 1. The van der Waals surface area contributed by atoms with Crippen LogP contribution in [0.3, 0.4) is 0 Å². The van der Waals surface area contributed by atoms with Crippen LogP contribution in [0, 0.1) is 0 Å². The molecule has 0 radical (unpaired) electrons. The van der Waals surface area contributed by atoms with Crippen LogP contribution in [0.5, 0.6) is 0 Å². The van der Waals surface area contributed by atoms with Crippen LogP contribution < -0.4 is 5.32 Å². The largest absolute Gasteiger partial charge is 0.435 e. The maximum absolute atomic E-state index is 13.5. The van der Waals surface area contributed by atoms with Crippen LogP contribution in [0.15, 0.2) is 34.9 Å². The van der Waals surface area contributed by atoms with Crippen molar-refractivity contribution < 1.29 is 17.4 Å². The number of halogens is 5. The lowest BCUT2D eigenvalue weighted by Gasteiger charge is -2.31. The molecule has 2 atom stereocenters. The van der Waals surface area contributed by atoms with Gasteiger partial charge in [0.1, 0.15) is 11.9 Å². The Balaban J connectivity index is 1.87. The molecule has 0 amide bonds. The predicted molar refractivity (Wildman–Crippen MR) is 109 cm³/mol. The summed E-state index contributed by atoms with van der Waals surface area (Å²) in [6.45, 7) is 1.73. The summed E-state index contributed by atoms with van der Waals surface area (Å²) in [6, 6.07) is 5.06. The molecule has 1 aliphatic carbocycles. The highest BCUT2D eigenvalue weighted by Crippen LogP contribution is 2.43. The van der Waals surface area contributed by atoms with E-state index in [1.807, 2.05) is 0 Å². The van der Waals surface area contributed by atoms with Crippen molar-refractivity contribution >= 4 is 39.8 Å². The zero-order chi connectivity index (χ0) is 20.9. The van der Waals surface area contributed by atoms with Crippen LogP contribution in [-0.4, -0.2) is 19.2 Å². The third-order valence-electron chi connectivity index (χ3n) is 5.29. The van der Waals surface area contributed by atoms with Crippen molar-refractivity contribution in [1.29, 1.82) is 0 Å². The minimum atomic E-state index is -4.59. The second kappa shape index (κ2) is 7.63. The first-order valence-electron chi connectivity index (χ1n) is 9.17. The SMILES string of the molecule is CC1=C(S(=O)C2CCCC2)C(c2ccc(Cl)c(Cl)c2)n2nc(C(F)(F)F)cc2N1. The molecule has 2 heterocycles. The lowest BCUT2D eigenvalue weighted by molar-refractivity contribution is -0.141. The Morgan fingerprint density at radius 2 is 1.86 bits per heavy atom. The van der Waals surface area contributed by atoms with E-state index < -0.39 is 28.7 Å². The van der Waals surface area contributed by atoms with E-state index in [9.17, 15) is 17.4 Å². The van der Waals surface area contributed by atoms with Crippen molar-refractivity contribution in [2.45, 2.75) is 50.1 Å². The summed E-state index contributed by atoms with van der Waals surface area (Å²) < 4.78 is 54.6. The number of hydrogen-bond acceptors (Lipinski definition) is 3. The van der Waals surface area contributed by atoms with Crippen molar-refractivity contribution in [3.8, 4) is 0 Å². The standard InChI is InChI=1S/C19H18Cl2F3N3OS/c1-10-18(29(28)12-4-2-3-5-12)17(11-6-7-13(20)14(21)8-11)27-16(25-10)9-15(26-27)19(22,23)24/h6-9,12,17,25H,2-5H2,1H3. The predicted octanol–water partition coefficient (Wildman–Crippen LogP) is 6.15. The molecule has 1 aliphatic heterocycles. The van der Waals surface area contributed by atoms with E-state index in [0.717, 1.165) is 31.7 Å². The summed E-state index contributed by atoms with van der Waals surface area (Å²) in [6.07, 6.45) is -0.931. The summed E-state index contributed by atoms with van der Waals surface area (Å²) >= 11 is 12.2. The Morgan fingerprint density at radius 1 is 1.17 bits per heavy atom.